The van der Waals surface area contributed by atoms with E-state index in [1.165, 1.54) is 0 Å². The zero-order valence-corrected chi connectivity index (χ0v) is 12.2. The second kappa shape index (κ2) is 8.23. The quantitative estimate of drug-likeness (QED) is 0.603. The van der Waals surface area contributed by atoms with E-state index in [-0.39, 0.29) is 12.5 Å². The van der Waals surface area contributed by atoms with Gasteiger partial charge in [0.2, 0.25) is 0 Å². The Labute approximate surface area is 128 Å². The van der Waals surface area contributed by atoms with Gasteiger partial charge in [-0.15, -0.1) is 10.2 Å². The van der Waals surface area contributed by atoms with Crippen LogP contribution >= 0.6 is 0 Å². The standard InChI is InChI=1S/C15H20N4O3/c20-9-5-4-8-12(15(21)22)13(14-16-18-19-17-14)10-11-6-2-1-3-7-11/h1-3,6-7,12-13,20H,4-5,8-10H2,(H,21,22)(H,16,17,18,19). The Balaban J connectivity index is 2.20. The molecule has 0 amide bonds. The van der Waals surface area contributed by atoms with E-state index in [1.807, 2.05) is 30.3 Å². The van der Waals surface area contributed by atoms with Crippen molar-refractivity contribution in [1.82, 2.24) is 20.6 Å². The number of aromatic nitrogens is 4. The average Bonchev–Trinajstić information content (AvgIpc) is 3.05. The van der Waals surface area contributed by atoms with Crippen molar-refractivity contribution < 1.29 is 15.0 Å². The molecule has 0 aliphatic rings. The number of hydrogen-bond acceptors (Lipinski definition) is 5. The molecule has 1 aromatic carbocycles. The molecule has 0 radical (unpaired) electrons. The smallest absolute Gasteiger partial charge is 0.307 e. The highest BCUT2D eigenvalue weighted by atomic mass is 16.4. The molecule has 118 valence electrons. The third-order valence-electron chi connectivity index (χ3n) is 3.72. The van der Waals surface area contributed by atoms with Gasteiger partial charge in [0.1, 0.15) is 0 Å². The van der Waals surface area contributed by atoms with Crippen LogP contribution in [0.2, 0.25) is 0 Å². The first-order valence-corrected chi connectivity index (χ1v) is 7.33. The fourth-order valence-electron chi connectivity index (χ4n) is 2.58. The molecule has 2 rings (SSSR count). The van der Waals surface area contributed by atoms with Crippen LogP contribution in [0.15, 0.2) is 30.3 Å². The van der Waals surface area contributed by atoms with Crippen molar-refractivity contribution in [3.63, 3.8) is 0 Å². The van der Waals surface area contributed by atoms with Gasteiger partial charge in [0.25, 0.3) is 0 Å². The van der Waals surface area contributed by atoms with Crippen molar-refractivity contribution in [2.75, 3.05) is 6.61 Å². The van der Waals surface area contributed by atoms with E-state index in [2.05, 4.69) is 20.6 Å². The van der Waals surface area contributed by atoms with Crippen LogP contribution in [0.25, 0.3) is 0 Å². The predicted octanol–water partition coefficient (Wildman–Crippen LogP) is 1.39. The van der Waals surface area contributed by atoms with Crippen molar-refractivity contribution in [2.24, 2.45) is 5.92 Å². The van der Waals surface area contributed by atoms with E-state index in [0.29, 0.717) is 31.5 Å². The fraction of sp³-hybridized carbons (Fsp3) is 0.467. The Kier molecular flexibility index (Phi) is 6.02. The number of nitrogens with one attached hydrogen (secondary N) is 1. The minimum Gasteiger partial charge on any atom is -0.481 e. The van der Waals surface area contributed by atoms with Crippen LogP contribution in [0.3, 0.4) is 0 Å². The van der Waals surface area contributed by atoms with Crippen molar-refractivity contribution in [2.45, 2.75) is 31.6 Å². The molecule has 3 N–H and O–H groups in total. The molecular formula is C15H20N4O3. The van der Waals surface area contributed by atoms with Gasteiger partial charge in [0.05, 0.1) is 5.92 Å². The predicted molar refractivity (Wildman–Crippen MR) is 79.1 cm³/mol. The summed E-state index contributed by atoms with van der Waals surface area (Å²) in [5.41, 5.74) is 1.03. The molecule has 2 atom stereocenters. The molecule has 0 aliphatic heterocycles. The van der Waals surface area contributed by atoms with Crippen LogP contribution in [0.1, 0.15) is 36.6 Å². The first-order valence-electron chi connectivity index (χ1n) is 7.33. The van der Waals surface area contributed by atoms with E-state index >= 15 is 0 Å². The average molecular weight is 304 g/mol. The lowest BCUT2D eigenvalue weighted by Gasteiger charge is -2.21. The molecule has 1 aromatic heterocycles. The molecule has 0 bridgehead atoms. The normalized spacial score (nSPS) is 13.7. The second-order valence-corrected chi connectivity index (χ2v) is 5.23. The van der Waals surface area contributed by atoms with Crippen LogP contribution in [-0.4, -0.2) is 43.4 Å². The zero-order chi connectivity index (χ0) is 15.8. The van der Waals surface area contributed by atoms with E-state index < -0.39 is 11.9 Å². The number of aliphatic hydroxyl groups is 1. The summed E-state index contributed by atoms with van der Waals surface area (Å²) < 4.78 is 0. The Bertz CT molecular complexity index is 559. The lowest BCUT2D eigenvalue weighted by Crippen LogP contribution is -2.25. The Morgan fingerprint density at radius 1 is 1.23 bits per heavy atom. The van der Waals surface area contributed by atoms with Crippen molar-refractivity contribution in [3.05, 3.63) is 41.7 Å². The number of carbonyl (C=O) groups is 1. The number of benzene rings is 1. The number of H-pyrrole nitrogens is 1. The van der Waals surface area contributed by atoms with Gasteiger partial charge < -0.3 is 10.2 Å². The second-order valence-electron chi connectivity index (χ2n) is 5.23. The molecule has 22 heavy (non-hydrogen) atoms. The Morgan fingerprint density at radius 2 is 2.00 bits per heavy atom. The summed E-state index contributed by atoms with van der Waals surface area (Å²) in [5.74, 6) is -1.41. The van der Waals surface area contributed by atoms with Crippen LogP contribution in [-0.2, 0) is 11.2 Å². The van der Waals surface area contributed by atoms with Gasteiger partial charge in [-0.1, -0.05) is 42.0 Å². The number of aromatic amines is 1. The van der Waals surface area contributed by atoms with Gasteiger partial charge in [-0.3, -0.25) is 4.79 Å². The van der Waals surface area contributed by atoms with Crippen molar-refractivity contribution in [3.8, 4) is 0 Å². The van der Waals surface area contributed by atoms with Gasteiger partial charge in [-0.05, 0) is 24.8 Å². The molecule has 0 saturated carbocycles. The minimum absolute atomic E-state index is 0.0674. The maximum Gasteiger partial charge on any atom is 0.307 e. The number of rotatable bonds is 9. The van der Waals surface area contributed by atoms with E-state index in [9.17, 15) is 9.90 Å². The molecule has 0 aliphatic carbocycles. The zero-order valence-electron chi connectivity index (χ0n) is 12.2. The molecule has 0 saturated heterocycles. The summed E-state index contributed by atoms with van der Waals surface area (Å²) in [6, 6.07) is 9.68. The fourth-order valence-corrected chi connectivity index (χ4v) is 2.58. The molecular weight excluding hydrogens is 284 g/mol. The summed E-state index contributed by atoms with van der Waals surface area (Å²) in [6.45, 7) is 0.0674. The number of carboxylic acids is 1. The summed E-state index contributed by atoms with van der Waals surface area (Å²) in [5, 5.41) is 32.4. The van der Waals surface area contributed by atoms with Gasteiger partial charge in [-0.25, -0.2) is 0 Å². The summed E-state index contributed by atoms with van der Waals surface area (Å²) in [6.07, 6.45) is 2.25. The lowest BCUT2D eigenvalue weighted by molar-refractivity contribution is -0.143. The molecule has 1 heterocycles. The molecule has 2 aromatic rings. The van der Waals surface area contributed by atoms with Crippen molar-refractivity contribution >= 4 is 5.97 Å². The summed E-state index contributed by atoms with van der Waals surface area (Å²) in [7, 11) is 0. The SMILES string of the molecule is O=C(O)C(CCCCO)C(Cc1ccccc1)c1nn[nH]n1. The van der Waals surface area contributed by atoms with Gasteiger partial charge in [0.15, 0.2) is 5.82 Å². The van der Waals surface area contributed by atoms with E-state index in [1.54, 1.807) is 0 Å². The number of aliphatic hydroxyl groups excluding tert-OH is 1. The lowest BCUT2D eigenvalue weighted by atomic mass is 9.83. The highest BCUT2D eigenvalue weighted by Gasteiger charge is 2.32. The van der Waals surface area contributed by atoms with Gasteiger partial charge in [0, 0.05) is 12.5 Å². The number of hydrogen-bond donors (Lipinski definition) is 3. The van der Waals surface area contributed by atoms with Gasteiger partial charge in [-0.2, -0.15) is 5.21 Å². The highest BCUT2D eigenvalue weighted by molar-refractivity contribution is 5.71. The molecule has 0 fully saturated rings. The largest absolute Gasteiger partial charge is 0.481 e. The van der Waals surface area contributed by atoms with E-state index in [0.717, 1.165) is 5.56 Å². The van der Waals surface area contributed by atoms with Crippen LogP contribution in [0.4, 0.5) is 0 Å². The maximum absolute atomic E-state index is 11.7. The van der Waals surface area contributed by atoms with Crippen molar-refractivity contribution in [1.29, 1.82) is 0 Å². The van der Waals surface area contributed by atoms with Crippen LogP contribution in [0, 0.1) is 5.92 Å². The molecule has 7 heteroatoms. The van der Waals surface area contributed by atoms with Crippen LogP contribution < -0.4 is 0 Å². The topological polar surface area (TPSA) is 112 Å². The summed E-state index contributed by atoms with van der Waals surface area (Å²) in [4.78, 5) is 11.7. The number of tetrazole rings is 1. The molecule has 0 spiro atoms. The molecule has 2 unspecified atom stereocenters. The number of nitrogens with zero attached hydrogens (tertiary/aromatic N) is 3. The third kappa shape index (κ3) is 4.36. The highest BCUT2D eigenvalue weighted by Crippen LogP contribution is 2.30. The number of unbranched alkanes of at least 4 members (excludes halogenated alkanes) is 1. The first kappa shape index (κ1) is 16.1. The Hall–Kier alpha value is -2.28. The van der Waals surface area contributed by atoms with E-state index in [4.69, 9.17) is 5.11 Å². The minimum atomic E-state index is -0.872. The monoisotopic (exact) mass is 304 g/mol. The first-order chi connectivity index (χ1) is 10.7. The number of aliphatic carboxylic acids is 1. The molecule has 7 nitrogen and oxygen atoms in total. The van der Waals surface area contributed by atoms with Gasteiger partial charge >= 0.3 is 5.97 Å². The van der Waals surface area contributed by atoms with Crippen LogP contribution in [0.5, 0.6) is 0 Å². The third-order valence-corrected chi connectivity index (χ3v) is 3.72. The number of carboxylic acid groups (broad SMARTS) is 1. The maximum atomic E-state index is 11.7. The Morgan fingerprint density at radius 3 is 2.59 bits per heavy atom. The summed E-state index contributed by atoms with van der Waals surface area (Å²) >= 11 is 0.